The molecule has 1 aliphatic rings. The first kappa shape index (κ1) is 19.2. The average molecular weight is 412 g/mol. The summed E-state index contributed by atoms with van der Waals surface area (Å²) < 4.78 is 9.45. The van der Waals surface area contributed by atoms with Crippen molar-refractivity contribution in [1.29, 1.82) is 0 Å². The Morgan fingerprint density at radius 1 is 1.06 bits per heavy atom. The van der Waals surface area contributed by atoms with E-state index in [0.717, 1.165) is 42.3 Å². The van der Waals surface area contributed by atoms with Crippen molar-refractivity contribution in [2.24, 2.45) is 0 Å². The molecule has 1 atom stereocenters. The first-order chi connectivity index (χ1) is 15.2. The minimum Gasteiger partial charge on any atom is -0.479 e. The molecule has 0 unspecified atom stereocenters. The van der Waals surface area contributed by atoms with Crippen molar-refractivity contribution < 1.29 is 4.74 Å². The molecule has 0 bridgehead atoms. The molecule has 4 heterocycles. The van der Waals surface area contributed by atoms with Crippen molar-refractivity contribution in [3.63, 3.8) is 0 Å². The Morgan fingerprint density at radius 2 is 1.94 bits per heavy atom. The Kier molecular flexibility index (Phi) is 5.08. The van der Waals surface area contributed by atoms with Gasteiger partial charge in [-0.1, -0.05) is 30.3 Å². The molecular weight excluding hydrogens is 388 g/mol. The Morgan fingerprint density at radius 3 is 2.71 bits per heavy atom. The van der Waals surface area contributed by atoms with Crippen LogP contribution < -0.4 is 4.74 Å². The standard InChI is InChI=1S/C24H24N6O/c1-17-15-29(16-25-17)21-12-10-19(26-24(21)31-2)11-13-22-27-23-20(9-6-14-30(23)28-22)18-7-4-3-5-8-18/h3-5,7-8,10-13,15-16,20H,6,9,14H2,1-2H3/t20-/m1/s1. The van der Waals surface area contributed by atoms with Crippen LogP contribution in [0.4, 0.5) is 0 Å². The van der Waals surface area contributed by atoms with Gasteiger partial charge in [-0.15, -0.1) is 0 Å². The number of nitrogens with zero attached hydrogens (tertiary/aromatic N) is 6. The lowest BCUT2D eigenvalue weighted by molar-refractivity contribution is 0.395. The molecular formula is C24H24N6O. The van der Waals surface area contributed by atoms with Crippen molar-refractivity contribution >= 4 is 12.2 Å². The smallest absolute Gasteiger partial charge is 0.238 e. The first-order valence-electron chi connectivity index (χ1n) is 10.4. The van der Waals surface area contributed by atoms with Gasteiger partial charge in [-0.25, -0.2) is 19.6 Å². The first-order valence-corrected chi connectivity index (χ1v) is 10.4. The van der Waals surface area contributed by atoms with Gasteiger partial charge in [0.15, 0.2) is 5.82 Å². The third-order valence-corrected chi connectivity index (χ3v) is 5.54. The topological polar surface area (TPSA) is 70.7 Å². The number of aromatic nitrogens is 6. The zero-order valence-corrected chi connectivity index (χ0v) is 17.6. The minimum atomic E-state index is 0.292. The van der Waals surface area contributed by atoms with Crippen LogP contribution in [0.3, 0.4) is 0 Å². The molecule has 0 aliphatic carbocycles. The molecule has 156 valence electrons. The highest BCUT2D eigenvalue weighted by Crippen LogP contribution is 2.32. The fraction of sp³-hybridized carbons (Fsp3) is 0.250. The maximum atomic E-state index is 5.50. The highest BCUT2D eigenvalue weighted by Gasteiger charge is 2.25. The van der Waals surface area contributed by atoms with Gasteiger partial charge in [0, 0.05) is 18.7 Å². The summed E-state index contributed by atoms with van der Waals surface area (Å²) in [7, 11) is 1.62. The van der Waals surface area contributed by atoms with E-state index < -0.39 is 0 Å². The summed E-state index contributed by atoms with van der Waals surface area (Å²) in [5.74, 6) is 2.57. The Hall–Kier alpha value is -3.74. The summed E-state index contributed by atoms with van der Waals surface area (Å²) >= 11 is 0. The summed E-state index contributed by atoms with van der Waals surface area (Å²) in [6.07, 6.45) is 9.73. The van der Waals surface area contributed by atoms with E-state index in [2.05, 4.69) is 34.2 Å². The third-order valence-electron chi connectivity index (χ3n) is 5.54. The normalized spacial score (nSPS) is 15.9. The van der Waals surface area contributed by atoms with E-state index in [4.69, 9.17) is 14.8 Å². The molecule has 3 aromatic heterocycles. The van der Waals surface area contributed by atoms with Gasteiger partial charge in [-0.05, 0) is 49.6 Å². The van der Waals surface area contributed by atoms with Gasteiger partial charge in [-0.3, -0.25) is 0 Å². The Labute approximate surface area is 181 Å². The number of imidazole rings is 1. The summed E-state index contributed by atoms with van der Waals surface area (Å²) in [5, 5.41) is 4.70. The lowest BCUT2D eigenvalue weighted by atomic mass is 9.91. The number of methoxy groups -OCH3 is 1. The molecule has 1 aliphatic heterocycles. The fourth-order valence-corrected chi connectivity index (χ4v) is 4.04. The summed E-state index contributed by atoms with van der Waals surface area (Å²) in [4.78, 5) is 13.7. The average Bonchev–Trinajstić information content (AvgIpc) is 3.43. The second kappa shape index (κ2) is 8.18. The van der Waals surface area contributed by atoms with E-state index in [1.165, 1.54) is 5.56 Å². The number of fused-ring (bicyclic) bond motifs is 1. The molecule has 0 saturated carbocycles. The molecule has 7 heteroatoms. The van der Waals surface area contributed by atoms with Gasteiger partial charge in [0.05, 0.1) is 24.8 Å². The highest BCUT2D eigenvalue weighted by atomic mass is 16.5. The monoisotopic (exact) mass is 412 g/mol. The number of benzene rings is 1. The molecule has 0 amide bonds. The molecule has 0 radical (unpaired) electrons. The molecule has 1 aromatic carbocycles. The molecule has 7 nitrogen and oxygen atoms in total. The predicted octanol–water partition coefficient (Wildman–Crippen LogP) is 4.27. The second-order valence-corrected chi connectivity index (χ2v) is 7.68. The van der Waals surface area contributed by atoms with E-state index in [1.54, 1.807) is 13.4 Å². The maximum absolute atomic E-state index is 5.50. The molecule has 0 saturated heterocycles. The molecule has 0 fully saturated rings. The summed E-state index contributed by atoms with van der Waals surface area (Å²) in [5.41, 5.74) is 3.86. The predicted molar refractivity (Wildman–Crippen MR) is 119 cm³/mol. The third kappa shape index (κ3) is 3.86. The van der Waals surface area contributed by atoms with Gasteiger partial charge in [-0.2, -0.15) is 5.10 Å². The lowest BCUT2D eigenvalue weighted by Crippen LogP contribution is -2.17. The van der Waals surface area contributed by atoms with Crippen molar-refractivity contribution in [2.75, 3.05) is 7.11 Å². The zero-order chi connectivity index (χ0) is 21.2. The van der Waals surface area contributed by atoms with E-state index in [1.807, 2.05) is 52.7 Å². The van der Waals surface area contributed by atoms with Crippen LogP contribution in [0.25, 0.3) is 17.8 Å². The number of aryl methyl sites for hydroxylation is 2. The molecule has 31 heavy (non-hydrogen) atoms. The lowest BCUT2D eigenvalue weighted by Gasteiger charge is -2.22. The van der Waals surface area contributed by atoms with E-state index in [9.17, 15) is 0 Å². The van der Waals surface area contributed by atoms with Crippen LogP contribution in [-0.2, 0) is 6.54 Å². The zero-order valence-electron chi connectivity index (χ0n) is 17.6. The van der Waals surface area contributed by atoms with E-state index in [0.29, 0.717) is 17.6 Å². The SMILES string of the molecule is COc1nc(C=Cc2nc3n(n2)CCC[C@@H]3c2ccccc2)ccc1-n1cnc(C)c1. The molecule has 4 aromatic rings. The van der Waals surface area contributed by atoms with Crippen LogP contribution in [0.2, 0.25) is 0 Å². The van der Waals surface area contributed by atoms with Crippen molar-refractivity contribution in [3.8, 4) is 11.6 Å². The van der Waals surface area contributed by atoms with Gasteiger partial charge < -0.3 is 9.30 Å². The van der Waals surface area contributed by atoms with E-state index >= 15 is 0 Å². The van der Waals surface area contributed by atoms with Crippen LogP contribution in [0.5, 0.6) is 5.88 Å². The Bertz CT molecular complexity index is 1220. The van der Waals surface area contributed by atoms with Crippen LogP contribution in [0.1, 0.15) is 47.4 Å². The number of ether oxygens (including phenoxy) is 1. The largest absolute Gasteiger partial charge is 0.479 e. The number of hydrogen-bond acceptors (Lipinski definition) is 5. The highest BCUT2D eigenvalue weighted by molar-refractivity contribution is 5.65. The number of pyridine rings is 1. The minimum absolute atomic E-state index is 0.292. The van der Waals surface area contributed by atoms with Gasteiger partial charge in [0.2, 0.25) is 5.88 Å². The van der Waals surface area contributed by atoms with Crippen molar-refractivity contribution in [1.82, 2.24) is 29.3 Å². The van der Waals surface area contributed by atoms with Crippen LogP contribution in [0.15, 0.2) is 55.0 Å². The van der Waals surface area contributed by atoms with Gasteiger partial charge in [0.25, 0.3) is 0 Å². The molecule has 0 spiro atoms. The van der Waals surface area contributed by atoms with Crippen LogP contribution in [-0.4, -0.2) is 36.4 Å². The number of hydrogen-bond donors (Lipinski definition) is 0. The quantitative estimate of drug-likeness (QED) is 0.489. The molecule has 5 rings (SSSR count). The maximum Gasteiger partial charge on any atom is 0.238 e. The fourth-order valence-electron chi connectivity index (χ4n) is 4.04. The number of rotatable bonds is 5. The Balaban J connectivity index is 1.41. The van der Waals surface area contributed by atoms with Crippen LogP contribution >= 0.6 is 0 Å². The second-order valence-electron chi connectivity index (χ2n) is 7.68. The summed E-state index contributed by atoms with van der Waals surface area (Å²) in [6, 6.07) is 14.5. The van der Waals surface area contributed by atoms with Crippen molar-refractivity contribution in [3.05, 3.63) is 83.6 Å². The summed E-state index contributed by atoms with van der Waals surface area (Å²) in [6.45, 7) is 2.86. The van der Waals surface area contributed by atoms with Gasteiger partial charge in [0.1, 0.15) is 11.5 Å². The van der Waals surface area contributed by atoms with Crippen LogP contribution in [0, 0.1) is 6.92 Å². The van der Waals surface area contributed by atoms with E-state index in [-0.39, 0.29) is 0 Å². The van der Waals surface area contributed by atoms with Gasteiger partial charge >= 0.3 is 0 Å². The van der Waals surface area contributed by atoms with Crippen molar-refractivity contribution in [2.45, 2.75) is 32.2 Å². The molecule has 0 N–H and O–H groups in total.